The molecule has 0 aromatic heterocycles. The van der Waals surface area contributed by atoms with Crippen molar-refractivity contribution in [3.63, 3.8) is 0 Å². The fourth-order valence-electron chi connectivity index (χ4n) is 1.13. The third-order valence-corrected chi connectivity index (χ3v) is 2.33. The fourth-order valence-corrected chi connectivity index (χ4v) is 1.74. The van der Waals surface area contributed by atoms with Gasteiger partial charge < -0.3 is 5.41 Å². The highest BCUT2D eigenvalue weighted by Gasteiger charge is 2.23. The topological polar surface area (TPSA) is 48.2 Å². The van der Waals surface area contributed by atoms with Crippen LogP contribution in [0.2, 0.25) is 0 Å². The maximum absolute atomic E-state index is 7.40. The van der Waals surface area contributed by atoms with Crippen molar-refractivity contribution >= 4 is 27.9 Å². The van der Waals surface area contributed by atoms with Crippen molar-refractivity contribution in [1.82, 2.24) is 5.43 Å². The first kappa shape index (κ1) is 6.79. The van der Waals surface area contributed by atoms with E-state index in [0.29, 0.717) is 5.71 Å². The number of hydrogen-bond acceptors (Lipinski definition) is 3. The monoisotopic (exact) mass is 211 g/mol. The number of hydrazone groups is 1. The minimum absolute atomic E-state index is 0.143. The smallest absolute Gasteiger partial charge is 0.102 e. The highest BCUT2D eigenvalue weighted by molar-refractivity contribution is 9.11. The molecule has 0 amide bonds. The standard InChI is InChI=1S/C7H6BrN3/c8-6-2-5(9)1-4-3-10-11-7(4)6/h1-3,7,9,11H/t7-/m0/s1. The Hall–Kier alpha value is -0.900. The molecule has 2 N–H and O–H groups in total. The van der Waals surface area contributed by atoms with Crippen LogP contribution in [-0.4, -0.2) is 18.0 Å². The average molecular weight is 212 g/mol. The van der Waals surface area contributed by atoms with Gasteiger partial charge in [0.05, 0.1) is 11.9 Å². The lowest BCUT2D eigenvalue weighted by atomic mass is 10.0. The quantitative estimate of drug-likeness (QED) is 0.622. The summed E-state index contributed by atoms with van der Waals surface area (Å²) in [6, 6.07) is 0.143. The van der Waals surface area contributed by atoms with Crippen molar-refractivity contribution in [1.29, 1.82) is 5.41 Å². The van der Waals surface area contributed by atoms with Crippen molar-refractivity contribution in [2.45, 2.75) is 6.04 Å². The van der Waals surface area contributed by atoms with E-state index in [1.54, 1.807) is 18.4 Å². The van der Waals surface area contributed by atoms with Crippen LogP contribution in [0.25, 0.3) is 0 Å². The minimum Gasteiger partial charge on any atom is -0.301 e. The SMILES string of the molecule is N=C1C=C(Br)[C@H]2NN=CC2=C1. The molecule has 4 heteroatoms. The lowest BCUT2D eigenvalue weighted by molar-refractivity contribution is 0.739. The molecular weight excluding hydrogens is 206 g/mol. The summed E-state index contributed by atoms with van der Waals surface area (Å²) in [6.07, 6.45) is 5.32. The predicted molar refractivity (Wildman–Crippen MR) is 48.2 cm³/mol. The Morgan fingerprint density at radius 1 is 1.55 bits per heavy atom. The number of hydrogen-bond donors (Lipinski definition) is 2. The summed E-state index contributed by atoms with van der Waals surface area (Å²) in [6.45, 7) is 0. The highest BCUT2D eigenvalue weighted by atomic mass is 79.9. The van der Waals surface area contributed by atoms with Gasteiger partial charge in [0.15, 0.2) is 0 Å². The van der Waals surface area contributed by atoms with E-state index in [0.717, 1.165) is 10.1 Å². The van der Waals surface area contributed by atoms with Crippen LogP contribution in [-0.2, 0) is 0 Å². The van der Waals surface area contributed by atoms with Crippen LogP contribution in [0.15, 0.2) is 27.3 Å². The normalized spacial score (nSPS) is 27.4. The summed E-state index contributed by atoms with van der Waals surface area (Å²) < 4.78 is 0.970. The minimum atomic E-state index is 0.143. The van der Waals surface area contributed by atoms with E-state index in [1.165, 1.54) is 0 Å². The van der Waals surface area contributed by atoms with Crippen molar-refractivity contribution in [3.8, 4) is 0 Å². The van der Waals surface area contributed by atoms with Crippen LogP contribution < -0.4 is 5.43 Å². The van der Waals surface area contributed by atoms with Crippen LogP contribution >= 0.6 is 15.9 Å². The molecule has 0 unspecified atom stereocenters. The highest BCUT2D eigenvalue weighted by Crippen LogP contribution is 2.23. The van der Waals surface area contributed by atoms with E-state index >= 15 is 0 Å². The zero-order valence-corrected chi connectivity index (χ0v) is 7.22. The van der Waals surface area contributed by atoms with Crippen molar-refractivity contribution in [2.75, 3.05) is 0 Å². The van der Waals surface area contributed by atoms with Crippen LogP contribution in [0.1, 0.15) is 0 Å². The second-order valence-electron chi connectivity index (χ2n) is 2.45. The molecular formula is C7H6BrN3. The molecule has 0 fully saturated rings. The molecule has 2 aliphatic rings. The van der Waals surface area contributed by atoms with Gasteiger partial charge in [0.25, 0.3) is 0 Å². The molecule has 2 rings (SSSR count). The molecule has 0 bridgehead atoms. The van der Waals surface area contributed by atoms with Crippen molar-refractivity contribution in [2.24, 2.45) is 5.10 Å². The first-order chi connectivity index (χ1) is 5.27. The van der Waals surface area contributed by atoms with E-state index in [2.05, 4.69) is 26.5 Å². The Bertz CT molecular complexity index is 301. The average Bonchev–Trinajstić information content (AvgIpc) is 2.34. The maximum atomic E-state index is 7.40. The molecule has 0 saturated carbocycles. The van der Waals surface area contributed by atoms with Gasteiger partial charge in [0, 0.05) is 10.1 Å². The molecule has 1 heterocycles. The molecule has 1 atom stereocenters. The number of rotatable bonds is 0. The van der Waals surface area contributed by atoms with Gasteiger partial charge in [-0.15, -0.1) is 0 Å². The lowest BCUT2D eigenvalue weighted by Gasteiger charge is -2.14. The molecule has 0 aromatic rings. The first-order valence-electron chi connectivity index (χ1n) is 3.23. The van der Waals surface area contributed by atoms with E-state index in [1.807, 2.05) is 0 Å². The van der Waals surface area contributed by atoms with Crippen LogP contribution in [0, 0.1) is 5.41 Å². The summed E-state index contributed by atoms with van der Waals surface area (Å²) in [5, 5.41) is 11.3. The number of nitrogens with zero attached hydrogens (tertiary/aromatic N) is 1. The maximum Gasteiger partial charge on any atom is 0.102 e. The Balaban J connectivity index is 2.41. The zero-order chi connectivity index (χ0) is 7.84. The van der Waals surface area contributed by atoms with Crippen molar-refractivity contribution < 1.29 is 0 Å². The third kappa shape index (κ3) is 1.03. The van der Waals surface area contributed by atoms with Gasteiger partial charge in [-0.25, -0.2) is 0 Å². The summed E-state index contributed by atoms with van der Waals surface area (Å²) in [5.41, 5.74) is 4.48. The molecule has 0 radical (unpaired) electrons. The molecule has 0 aromatic carbocycles. The Morgan fingerprint density at radius 2 is 2.36 bits per heavy atom. The molecule has 3 nitrogen and oxygen atoms in total. The third-order valence-electron chi connectivity index (χ3n) is 1.64. The number of allylic oxidation sites excluding steroid dienone is 2. The van der Waals surface area contributed by atoms with Gasteiger partial charge in [0.1, 0.15) is 6.04 Å². The summed E-state index contributed by atoms with van der Waals surface area (Å²) in [5.74, 6) is 0. The number of halogens is 1. The number of nitrogens with one attached hydrogen (secondary N) is 2. The van der Waals surface area contributed by atoms with Crippen molar-refractivity contribution in [3.05, 3.63) is 22.2 Å². The first-order valence-corrected chi connectivity index (χ1v) is 4.02. The molecule has 11 heavy (non-hydrogen) atoms. The van der Waals surface area contributed by atoms with Gasteiger partial charge >= 0.3 is 0 Å². The zero-order valence-electron chi connectivity index (χ0n) is 5.63. The number of fused-ring (bicyclic) bond motifs is 1. The van der Waals surface area contributed by atoms with Gasteiger partial charge in [0.2, 0.25) is 0 Å². The van der Waals surface area contributed by atoms with Gasteiger partial charge in [-0.1, -0.05) is 15.9 Å². The fraction of sp³-hybridized carbons (Fsp3) is 0.143. The van der Waals surface area contributed by atoms with Crippen LogP contribution in [0.3, 0.4) is 0 Å². The second kappa shape index (κ2) is 2.30. The van der Waals surface area contributed by atoms with Crippen LogP contribution in [0.5, 0.6) is 0 Å². The van der Waals surface area contributed by atoms with E-state index in [9.17, 15) is 0 Å². The second-order valence-corrected chi connectivity index (χ2v) is 3.36. The van der Waals surface area contributed by atoms with Gasteiger partial charge in [-0.05, 0) is 12.2 Å². The van der Waals surface area contributed by atoms with E-state index < -0.39 is 0 Å². The van der Waals surface area contributed by atoms with Gasteiger partial charge in [-0.3, -0.25) is 5.43 Å². The van der Waals surface area contributed by atoms with Crippen LogP contribution in [0.4, 0.5) is 0 Å². The Labute approximate surface area is 72.5 Å². The summed E-state index contributed by atoms with van der Waals surface area (Å²) in [7, 11) is 0. The molecule has 0 spiro atoms. The molecule has 56 valence electrons. The summed E-state index contributed by atoms with van der Waals surface area (Å²) in [4.78, 5) is 0. The molecule has 1 aliphatic heterocycles. The molecule has 1 aliphatic carbocycles. The Morgan fingerprint density at radius 3 is 3.18 bits per heavy atom. The largest absolute Gasteiger partial charge is 0.301 e. The lowest BCUT2D eigenvalue weighted by Crippen LogP contribution is -2.24. The van der Waals surface area contributed by atoms with E-state index in [4.69, 9.17) is 5.41 Å². The Kier molecular flexibility index (Phi) is 1.42. The van der Waals surface area contributed by atoms with E-state index in [-0.39, 0.29) is 6.04 Å². The summed E-state index contributed by atoms with van der Waals surface area (Å²) >= 11 is 3.37. The van der Waals surface area contributed by atoms with Gasteiger partial charge in [-0.2, -0.15) is 5.10 Å². The predicted octanol–water partition coefficient (Wildman–Crippen LogP) is 1.18. The molecule has 0 saturated heterocycles.